The van der Waals surface area contributed by atoms with E-state index < -0.39 is 0 Å². The van der Waals surface area contributed by atoms with Crippen molar-refractivity contribution >= 4 is 45.3 Å². The molecule has 356 valence electrons. The number of nitrogens with two attached hydrogens (primary N) is 2. The van der Waals surface area contributed by atoms with Crippen molar-refractivity contribution in [2.75, 3.05) is 58.3 Å². The first-order valence-corrected chi connectivity index (χ1v) is 23.1. The first-order valence-electron chi connectivity index (χ1n) is 23.1. The summed E-state index contributed by atoms with van der Waals surface area (Å²) in [5, 5.41) is 23.6. The highest BCUT2D eigenvalue weighted by atomic mass is 16.5. The number of nitrogens with one attached hydrogen (secondary N) is 2. The predicted molar refractivity (Wildman–Crippen MR) is 264 cm³/mol. The fraction of sp³-hybridized carbons (Fsp3) is 0.320. The Balaban J connectivity index is 0.000000175. The van der Waals surface area contributed by atoms with E-state index in [4.69, 9.17) is 31.1 Å². The number of ether oxygens (including phenoxy) is 2. The lowest BCUT2D eigenvalue weighted by molar-refractivity contribution is -0.128. The van der Waals surface area contributed by atoms with Gasteiger partial charge in [0.2, 0.25) is 11.8 Å². The molecule has 3 fully saturated rings. The third-order valence-electron chi connectivity index (χ3n) is 12.4. The van der Waals surface area contributed by atoms with Crippen LogP contribution in [0.4, 0.5) is 11.6 Å². The number of nitrogen functional groups attached to an aromatic ring is 2. The summed E-state index contributed by atoms with van der Waals surface area (Å²) in [6.07, 6.45) is 10.5. The monoisotopic (exact) mass is 933 g/mol. The quantitative estimate of drug-likeness (QED) is 0.108. The number of fused-ring (bicyclic) bond motifs is 2. The van der Waals surface area contributed by atoms with Crippen LogP contribution in [-0.2, 0) is 9.59 Å². The van der Waals surface area contributed by atoms with Crippen molar-refractivity contribution < 1.29 is 19.1 Å². The van der Waals surface area contributed by atoms with Gasteiger partial charge < -0.3 is 35.6 Å². The van der Waals surface area contributed by atoms with Crippen molar-refractivity contribution in [3.05, 3.63) is 124 Å². The van der Waals surface area contributed by atoms with Gasteiger partial charge in [-0.05, 0) is 119 Å². The molecule has 10 rings (SSSR count). The number of rotatable bonds is 12. The van der Waals surface area contributed by atoms with Crippen LogP contribution in [0.1, 0.15) is 50.6 Å². The molecule has 0 spiro atoms. The summed E-state index contributed by atoms with van der Waals surface area (Å²) in [5.41, 5.74) is 15.2. The summed E-state index contributed by atoms with van der Waals surface area (Å²) in [4.78, 5) is 56.2. The van der Waals surface area contributed by atoms with Gasteiger partial charge in [0, 0.05) is 49.9 Å². The van der Waals surface area contributed by atoms with Crippen LogP contribution in [0.3, 0.4) is 0 Å². The number of nitrogens with zero attached hydrogens (tertiary/aromatic N) is 9. The molecule has 6 N–H and O–H groups in total. The zero-order valence-electron chi connectivity index (χ0n) is 38.6. The van der Waals surface area contributed by atoms with E-state index >= 15 is 0 Å². The fourth-order valence-corrected chi connectivity index (χ4v) is 8.84. The number of carbonyl (C=O) groups is 2. The van der Waals surface area contributed by atoms with Gasteiger partial charge >= 0.3 is 0 Å². The Kier molecular flexibility index (Phi) is 13.4. The van der Waals surface area contributed by atoms with Gasteiger partial charge in [0.25, 0.3) is 11.1 Å². The van der Waals surface area contributed by atoms with E-state index in [-0.39, 0.29) is 46.7 Å². The minimum absolute atomic E-state index is 0.0441. The maximum absolute atomic E-state index is 13.0. The molecular formula is C50H55N13O6. The van der Waals surface area contributed by atoms with Crippen LogP contribution in [0.15, 0.2) is 113 Å². The molecule has 69 heavy (non-hydrogen) atoms. The maximum Gasteiger partial charge on any atom is 0.290 e. The van der Waals surface area contributed by atoms with Gasteiger partial charge in [-0.1, -0.05) is 30.9 Å². The van der Waals surface area contributed by atoms with E-state index in [0.717, 1.165) is 61.2 Å². The highest BCUT2D eigenvalue weighted by Crippen LogP contribution is 2.37. The number of likely N-dealkylation sites (tertiary alicyclic amines) is 2. The van der Waals surface area contributed by atoms with E-state index in [9.17, 15) is 19.2 Å². The minimum atomic E-state index is -0.369. The first-order chi connectivity index (χ1) is 33.4. The number of amides is 2. The second-order valence-electron chi connectivity index (χ2n) is 17.7. The summed E-state index contributed by atoms with van der Waals surface area (Å²) in [5.74, 6) is 2.47. The van der Waals surface area contributed by atoms with Crippen LogP contribution in [0.5, 0.6) is 17.2 Å². The number of H-pyrrole nitrogens is 2. The average molecular weight is 934 g/mol. The standard InChI is InChI=1S/C28H31N7O3.C22H24N6O3/c1-33(2)16-7-11-23(36)34-17-6-8-20(18-34)35-26-24(27(29)30-31-28(26)37)25(32-35)19-12-14-22(15-13-19)38-21-9-4-3-5-10-21;1-2-17(29)27-11-3-4-14(12-27)28-20-18(21(23)24-25-22(20)30)19(26-28)13-5-7-15(8-6-13)31-16-9-10-16/h3-5,7,9-15,20H,6,8,16-18H2,1-2H3,(H2,29,30)(H,31,37);2,5-8,14,16H,1,3-4,9-12H2,(H2,23,24)(H,25,30)/b11-7+;/t20-;14-/m11/s1. The van der Waals surface area contributed by atoms with Gasteiger partial charge in [0.05, 0.1) is 29.0 Å². The molecule has 2 amide bonds. The molecule has 2 saturated heterocycles. The summed E-state index contributed by atoms with van der Waals surface area (Å²) in [7, 11) is 3.90. The van der Waals surface area contributed by atoms with Crippen LogP contribution < -0.4 is 32.1 Å². The number of benzene rings is 3. The van der Waals surface area contributed by atoms with Gasteiger partial charge in [-0.25, -0.2) is 10.2 Å². The molecule has 3 aromatic carbocycles. The third kappa shape index (κ3) is 10.1. The molecule has 0 unspecified atom stereocenters. The molecule has 19 nitrogen and oxygen atoms in total. The van der Waals surface area contributed by atoms with Crippen LogP contribution in [0, 0.1) is 0 Å². The van der Waals surface area contributed by atoms with Gasteiger partial charge in [0.15, 0.2) is 11.6 Å². The smallest absolute Gasteiger partial charge is 0.290 e. The summed E-state index contributed by atoms with van der Waals surface area (Å²) in [6, 6.07) is 24.3. The number of hydrogen-bond acceptors (Lipinski definition) is 13. The van der Waals surface area contributed by atoms with Gasteiger partial charge in [-0.15, -0.1) is 0 Å². The number of aromatic amines is 2. The molecule has 6 heterocycles. The Bertz CT molecular complexity index is 3140. The maximum atomic E-state index is 13.0. The van der Waals surface area contributed by atoms with E-state index in [0.29, 0.717) is 77.8 Å². The lowest BCUT2D eigenvalue weighted by atomic mass is 10.1. The van der Waals surface area contributed by atoms with Crippen LogP contribution in [0.25, 0.3) is 44.3 Å². The van der Waals surface area contributed by atoms with E-state index in [2.05, 4.69) is 27.0 Å². The zero-order valence-corrected chi connectivity index (χ0v) is 38.6. The molecule has 0 radical (unpaired) electrons. The highest BCUT2D eigenvalue weighted by molar-refractivity contribution is 6.00. The number of hydrogen-bond donors (Lipinski definition) is 4. The fourth-order valence-electron chi connectivity index (χ4n) is 8.84. The number of likely N-dealkylation sites (N-methyl/N-ethyl adjacent to an activating group) is 1. The second-order valence-corrected chi connectivity index (χ2v) is 17.7. The van der Waals surface area contributed by atoms with E-state index in [1.165, 1.54) is 6.08 Å². The number of anilines is 2. The normalized spacial score (nSPS) is 17.3. The van der Waals surface area contributed by atoms with Crippen LogP contribution in [-0.4, -0.2) is 119 Å². The molecule has 0 bridgehead atoms. The van der Waals surface area contributed by atoms with Gasteiger partial charge in [0.1, 0.15) is 39.7 Å². The molecule has 2 aliphatic heterocycles. The summed E-state index contributed by atoms with van der Waals surface area (Å²) < 4.78 is 15.2. The number of aromatic nitrogens is 8. The second kappa shape index (κ2) is 20.0. The Morgan fingerprint density at radius 3 is 1.70 bits per heavy atom. The lowest BCUT2D eigenvalue weighted by Crippen LogP contribution is -2.40. The Morgan fingerprint density at radius 1 is 0.710 bits per heavy atom. The Hall–Kier alpha value is -8.06. The molecule has 7 aromatic rings. The van der Waals surface area contributed by atoms with Crippen molar-refractivity contribution in [1.29, 1.82) is 0 Å². The molecular weight excluding hydrogens is 879 g/mol. The minimum Gasteiger partial charge on any atom is -0.490 e. The Labute approximate surface area is 397 Å². The van der Waals surface area contributed by atoms with E-state index in [1.54, 1.807) is 20.3 Å². The number of piperidine rings is 2. The highest BCUT2D eigenvalue weighted by Gasteiger charge is 2.31. The average Bonchev–Trinajstić information content (AvgIpc) is 3.94. The lowest BCUT2D eigenvalue weighted by Gasteiger charge is -2.32. The van der Waals surface area contributed by atoms with Gasteiger partial charge in [-0.3, -0.25) is 28.5 Å². The molecule has 4 aromatic heterocycles. The van der Waals surface area contributed by atoms with Crippen LogP contribution >= 0.6 is 0 Å². The van der Waals surface area contributed by atoms with Crippen molar-refractivity contribution in [2.24, 2.45) is 0 Å². The van der Waals surface area contributed by atoms with E-state index in [1.807, 2.05) is 109 Å². The summed E-state index contributed by atoms with van der Waals surface area (Å²) >= 11 is 0. The largest absolute Gasteiger partial charge is 0.490 e. The van der Waals surface area contributed by atoms with Gasteiger partial charge in [-0.2, -0.15) is 20.4 Å². The molecule has 1 saturated carbocycles. The van der Waals surface area contributed by atoms with Crippen molar-refractivity contribution in [3.8, 4) is 39.8 Å². The van der Waals surface area contributed by atoms with Crippen molar-refractivity contribution in [3.63, 3.8) is 0 Å². The third-order valence-corrected chi connectivity index (χ3v) is 12.4. The zero-order chi connectivity index (χ0) is 48.2. The van der Waals surface area contributed by atoms with Crippen molar-refractivity contribution in [2.45, 2.75) is 56.7 Å². The summed E-state index contributed by atoms with van der Waals surface area (Å²) in [6.45, 7) is 6.50. The Morgan fingerprint density at radius 2 is 1.20 bits per heavy atom. The predicted octanol–water partition coefficient (Wildman–Crippen LogP) is 5.70. The molecule has 3 aliphatic rings. The molecule has 2 atom stereocenters. The van der Waals surface area contributed by atoms with Crippen LogP contribution in [0.2, 0.25) is 0 Å². The number of carbonyl (C=O) groups excluding carboxylic acids is 2. The van der Waals surface area contributed by atoms with Crippen molar-refractivity contribution in [1.82, 2.24) is 54.7 Å². The SMILES string of the molecule is C=CC(=O)N1CCC[C@@H](n2nc(-c3ccc(OC4CC4)cc3)c3c(N)n[nH]c(=O)c32)C1.CN(C)C/C=C/C(=O)N1CCC[C@@H](n2nc(-c3ccc(Oc4ccccc4)cc3)c3c(N)n[nH]c(=O)c32)C1. The topological polar surface area (TPSA) is 241 Å². The molecule has 1 aliphatic carbocycles. The number of para-hydroxylation sites is 1. The first kappa shape index (κ1) is 46.1. The molecule has 19 heteroatoms.